The molecule has 0 N–H and O–H groups in total. The van der Waals surface area contributed by atoms with E-state index in [2.05, 4.69) is 50.4 Å². The monoisotopic (exact) mass is 255 g/mol. The summed E-state index contributed by atoms with van der Waals surface area (Å²) in [7, 11) is 0. The molecule has 0 fully saturated rings. The van der Waals surface area contributed by atoms with E-state index in [-0.39, 0.29) is 0 Å². The number of hydrogen-bond donors (Lipinski definition) is 0. The van der Waals surface area contributed by atoms with Crippen molar-refractivity contribution in [3.05, 3.63) is 35.9 Å². The van der Waals surface area contributed by atoms with Gasteiger partial charge in [0, 0.05) is 4.83 Å². The lowest BCUT2D eigenvalue weighted by molar-refractivity contribution is 0.872. The molecule has 0 heterocycles. The van der Waals surface area contributed by atoms with Crippen LogP contribution in [0, 0.1) is 0 Å². The molecule has 0 bridgehead atoms. The third-order valence-electron chi connectivity index (χ3n) is 1.65. The molecule has 0 amide bonds. The fourth-order valence-corrected chi connectivity index (χ4v) is 1.66. The van der Waals surface area contributed by atoms with Crippen LogP contribution in [0.4, 0.5) is 0 Å². The molecule has 0 saturated heterocycles. The molecule has 0 aliphatic rings. The molecule has 3 heteroatoms. The molecule has 1 rings (SSSR count). The van der Waals surface area contributed by atoms with Crippen molar-refractivity contribution in [2.45, 2.75) is 11.2 Å². The Labute approximate surface area is 92.0 Å². The van der Waals surface area contributed by atoms with Gasteiger partial charge in [0.05, 0.1) is 11.7 Å². The van der Waals surface area contributed by atoms with Crippen molar-refractivity contribution in [1.82, 2.24) is 0 Å². The first-order valence-corrected chi connectivity index (χ1v) is 5.37. The van der Waals surface area contributed by atoms with Crippen LogP contribution in [0.5, 0.6) is 0 Å². The lowest BCUT2D eigenvalue weighted by Crippen LogP contribution is -2.06. The highest BCUT2D eigenvalue weighted by molar-refractivity contribution is 9.09. The van der Waals surface area contributed by atoms with Crippen LogP contribution in [-0.2, 0) is 6.42 Å². The minimum atomic E-state index is 0.352. The summed E-state index contributed by atoms with van der Waals surface area (Å²) in [6.45, 7) is 0.693. The maximum Gasteiger partial charge on any atom is 0.0621 e. The Hall–Kier alpha value is -0.500. The molecule has 0 aromatic heterocycles. The van der Waals surface area contributed by atoms with E-state index in [1.807, 2.05) is 18.2 Å². The highest BCUT2D eigenvalue weighted by Crippen LogP contribution is 2.09. The predicted molar refractivity (Wildman–Crippen MR) is 62.8 cm³/mol. The average Bonchev–Trinajstić information content (AvgIpc) is 2.16. The first kappa shape index (κ1) is 10.6. The lowest BCUT2D eigenvalue weighted by Gasteiger charge is -2.05. The number of isothiocyanates is 1. The Morgan fingerprint density at radius 2 is 2.08 bits per heavy atom. The Kier molecular flexibility index (Phi) is 4.91. The Morgan fingerprint density at radius 1 is 1.38 bits per heavy atom. The molecule has 68 valence electrons. The number of halogens is 1. The molecule has 1 aromatic carbocycles. The molecule has 0 aliphatic heterocycles. The van der Waals surface area contributed by atoms with Crippen molar-refractivity contribution in [1.29, 1.82) is 0 Å². The Bertz CT molecular complexity index is 293. The van der Waals surface area contributed by atoms with E-state index in [1.165, 1.54) is 5.56 Å². The van der Waals surface area contributed by atoms with Crippen LogP contribution < -0.4 is 0 Å². The first-order chi connectivity index (χ1) is 6.33. The van der Waals surface area contributed by atoms with Gasteiger partial charge in [-0.05, 0) is 24.2 Å². The zero-order valence-corrected chi connectivity index (χ0v) is 9.51. The summed E-state index contributed by atoms with van der Waals surface area (Å²) in [5, 5.41) is 2.36. The van der Waals surface area contributed by atoms with E-state index in [4.69, 9.17) is 0 Å². The highest BCUT2D eigenvalue weighted by Gasteiger charge is 2.03. The molecule has 1 aromatic rings. The van der Waals surface area contributed by atoms with Crippen LogP contribution in [0.1, 0.15) is 5.56 Å². The molecule has 1 unspecified atom stereocenters. The molecular formula is C10H10BrNS. The largest absolute Gasteiger partial charge is 0.231 e. The summed E-state index contributed by atoms with van der Waals surface area (Å²) < 4.78 is 0. The van der Waals surface area contributed by atoms with E-state index in [0.717, 1.165) is 6.42 Å². The summed E-state index contributed by atoms with van der Waals surface area (Å²) in [4.78, 5) is 4.24. The van der Waals surface area contributed by atoms with E-state index >= 15 is 0 Å². The number of aliphatic imine (C=N–C) groups is 1. The number of hydrogen-bond acceptors (Lipinski definition) is 2. The quantitative estimate of drug-likeness (QED) is 0.458. The number of rotatable bonds is 4. The van der Waals surface area contributed by atoms with Gasteiger partial charge in [-0.1, -0.05) is 46.3 Å². The van der Waals surface area contributed by atoms with Crippen molar-refractivity contribution in [2.75, 3.05) is 6.54 Å². The summed E-state index contributed by atoms with van der Waals surface area (Å²) in [5.74, 6) is 0. The van der Waals surface area contributed by atoms with Crippen LogP contribution in [0.3, 0.4) is 0 Å². The molecule has 0 aliphatic carbocycles. The van der Waals surface area contributed by atoms with Crippen molar-refractivity contribution in [2.24, 2.45) is 4.99 Å². The number of nitrogens with zero attached hydrogens (tertiary/aromatic N) is 1. The zero-order valence-electron chi connectivity index (χ0n) is 7.11. The van der Waals surface area contributed by atoms with E-state index in [1.54, 1.807) is 0 Å². The van der Waals surface area contributed by atoms with Gasteiger partial charge in [-0.25, -0.2) is 4.99 Å². The fourth-order valence-electron chi connectivity index (χ4n) is 1.07. The number of benzene rings is 1. The second kappa shape index (κ2) is 6.03. The molecular weight excluding hydrogens is 246 g/mol. The van der Waals surface area contributed by atoms with Crippen LogP contribution in [0.25, 0.3) is 0 Å². The topological polar surface area (TPSA) is 12.4 Å². The summed E-state index contributed by atoms with van der Waals surface area (Å²) in [5.41, 5.74) is 1.31. The molecule has 1 atom stereocenters. The minimum Gasteiger partial charge on any atom is -0.231 e. The minimum absolute atomic E-state index is 0.352. The van der Waals surface area contributed by atoms with Gasteiger partial charge in [0.1, 0.15) is 0 Å². The van der Waals surface area contributed by atoms with Crippen molar-refractivity contribution in [3.63, 3.8) is 0 Å². The van der Waals surface area contributed by atoms with Gasteiger partial charge in [0.2, 0.25) is 0 Å². The van der Waals surface area contributed by atoms with E-state index in [9.17, 15) is 0 Å². The van der Waals surface area contributed by atoms with Gasteiger partial charge in [-0.2, -0.15) is 0 Å². The van der Waals surface area contributed by atoms with Crippen LogP contribution in [0.2, 0.25) is 0 Å². The van der Waals surface area contributed by atoms with Crippen LogP contribution in [0.15, 0.2) is 35.3 Å². The van der Waals surface area contributed by atoms with Gasteiger partial charge < -0.3 is 0 Å². The predicted octanol–water partition coefficient (Wildman–Crippen LogP) is 3.10. The average molecular weight is 256 g/mol. The number of thiocarbonyl (C=S) groups is 1. The molecule has 13 heavy (non-hydrogen) atoms. The third kappa shape index (κ3) is 4.32. The molecule has 1 nitrogen and oxygen atoms in total. The summed E-state index contributed by atoms with van der Waals surface area (Å²) in [6, 6.07) is 10.3. The van der Waals surface area contributed by atoms with E-state index in [0.29, 0.717) is 11.4 Å². The highest BCUT2D eigenvalue weighted by atomic mass is 79.9. The normalized spacial score (nSPS) is 11.8. The lowest BCUT2D eigenvalue weighted by atomic mass is 10.1. The van der Waals surface area contributed by atoms with Crippen molar-refractivity contribution >= 4 is 33.3 Å². The molecule has 0 radical (unpaired) electrons. The molecule has 0 spiro atoms. The number of alkyl halides is 1. The van der Waals surface area contributed by atoms with Gasteiger partial charge >= 0.3 is 0 Å². The third-order valence-corrected chi connectivity index (χ3v) is 2.40. The first-order valence-electron chi connectivity index (χ1n) is 4.04. The second-order valence-corrected chi connectivity index (χ2v) is 4.20. The summed E-state index contributed by atoms with van der Waals surface area (Å²) >= 11 is 8.03. The maximum atomic E-state index is 4.50. The summed E-state index contributed by atoms with van der Waals surface area (Å²) in [6.07, 6.45) is 0.974. The SMILES string of the molecule is S=C=NCC(Br)Cc1ccccc1. The maximum absolute atomic E-state index is 4.50. The van der Waals surface area contributed by atoms with Gasteiger partial charge in [0.25, 0.3) is 0 Å². The Balaban J connectivity index is 2.45. The second-order valence-electron chi connectivity index (χ2n) is 2.72. The molecule has 0 saturated carbocycles. The standard InChI is InChI=1S/C10H10BrNS/c11-10(7-12-8-13)6-9-4-2-1-3-5-9/h1-5,10H,6-7H2. The van der Waals surface area contributed by atoms with Crippen LogP contribution in [-0.4, -0.2) is 16.5 Å². The zero-order chi connectivity index (χ0) is 9.52. The van der Waals surface area contributed by atoms with Crippen molar-refractivity contribution in [3.8, 4) is 0 Å². The van der Waals surface area contributed by atoms with E-state index < -0.39 is 0 Å². The van der Waals surface area contributed by atoms with Crippen LogP contribution >= 0.6 is 28.1 Å². The fraction of sp³-hybridized carbons (Fsp3) is 0.300. The van der Waals surface area contributed by atoms with Crippen molar-refractivity contribution < 1.29 is 0 Å². The van der Waals surface area contributed by atoms with Gasteiger partial charge in [-0.15, -0.1) is 0 Å². The smallest absolute Gasteiger partial charge is 0.0621 e. The Morgan fingerprint density at radius 3 is 2.69 bits per heavy atom. The van der Waals surface area contributed by atoms with Gasteiger partial charge in [-0.3, -0.25) is 0 Å². The van der Waals surface area contributed by atoms with Gasteiger partial charge in [0.15, 0.2) is 0 Å².